The van der Waals surface area contributed by atoms with Gasteiger partial charge in [-0.15, -0.1) is 0 Å². The highest BCUT2D eigenvalue weighted by atomic mass is 16.5. The summed E-state index contributed by atoms with van der Waals surface area (Å²) < 4.78 is 5.39. The van der Waals surface area contributed by atoms with Gasteiger partial charge in [0.25, 0.3) is 0 Å². The van der Waals surface area contributed by atoms with E-state index in [2.05, 4.69) is 15.3 Å². The van der Waals surface area contributed by atoms with Gasteiger partial charge in [-0.05, 0) is 30.7 Å². The van der Waals surface area contributed by atoms with Crippen molar-refractivity contribution >= 4 is 28.7 Å². The molecule has 1 unspecified atom stereocenters. The zero-order chi connectivity index (χ0) is 25.1. The van der Waals surface area contributed by atoms with E-state index < -0.39 is 0 Å². The van der Waals surface area contributed by atoms with Gasteiger partial charge in [0.05, 0.1) is 36.8 Å². The summed E-state index contributed by atoms with van der Waals surface area (Å²) in [4.78, 5) is 35.6. The molecule has 36 heavy (non-hydrogen) atoms. The van der Waals surface area contributed by atoms with E-state index in [1.54, 1.807) is 7.11 Å². The van der Waals surface area contributed by atoms with E-state index in [1.807, 2.05) is 79.7 Å². The number of aromatic nitrogens is 2. The Morgan fingerprint density at radius 1 is 1.06 bits per heavy atom. The van der Waals surface area contributed by atoms with E-state index >= 15 is 0 Å². The lowest BCUT2D eigenvalue weighted by atomic mass is 10.0. The third-order valence-corrected chi connectivity index (χ3v) is 7.27. The lowest BCUT2D eigenvalue weighted by Gasteiger charge is -2.33. The maximum absolute atomic E-state index is 14.0. The number of para-hydroxylation sites is 3. The molecule has 2 N–H and O–H groups in total. The van der Waals surface area contributed by atoms with E-state index in [4.69, 9.17) is 4.74 Å². The number of H-pyrrole nitrogens is 1. The molecule has 7 nitrogen and oxygen atoms in total. The normalized spacial score (nSPS) is 19.3. The van der Waals surface area contributed by atoms with Crippen molar-refractivity contribution < 1.29 is 18.8 Å². The van der Waals surface area contributed by atoms with E-state index in [0.29, 0.717) is 24.4 Å². The first kappa shape index (κ1) is 23.8. The number of rotatable bonds is 6. The van der Waals surface area contributed by atoms with Crippen LogP contribution in [0.4, 0.5) is 10.5 Å². The van der Waals surface area contributed by atoms with Crippen molar-refractivity contribution in [1.82, 2.24) is 9.97 Å². The summed E-state index contributed by atoms with van der Waals surface area (Å²) in [6, 6.07) is 22.9. The lowest BCUT2D eigenvalue weighted by Crippen LogP contribution is -2.60. The van der Waals surface area contributed by atoms with Crippen LogP contribution in [-0.4, -0.2) is 46.1 Å². The van der Waals surface area contributed by atoms with Crippen LogP contribution >= 0.6 is 0 Å². The molecule has 2 heterocycles. The minimum Gasteiger partial charge on any atom is -0.495 e. The number of likely N-dealkylation sites (tertiary alicyclic amines) is 1. The van der Waals surface area contributed by atoms with E-state index in [1.165, 1.54) is 0 Å². The molecule has 5 rings (SSSR count). The number of methoxy groups -OCH3 is 1. The number of fused-ring (bicyclic) bond motifs is 1. The second-order valence-corrected chi connectivity index (χ2v) is 9.36. The summed E-state index contributed by atoms with van der Waals surface area (Å²) in [6.45, 7) is 2.48. The summed E-state index contributed by atoms with van der Waals surface area (Å²) >= 11 is 0. The Bertz CT molecular complexity index is 1370. The summed E-state index contributed by atoms with van der Waals surface area (Å²) in [6.07, 6.45) is 2.33. The summed E-state index contributed by atoms with van der Waals surface area (Å²) in [7, 11) is 1.58. The Kier molecular flexibility index (Phi) is 6.57. The number of nitrogens with zero attached hydrogens (tertiary/aromatic N) is 2. The highest BCUT2D eigenvalue weighted by Gasteiger charge is 2.52. The Labute approximate surface area is 210 Å². The molecule has 0 spiro atoms. The van der Waals surface area contributed by atoms with Crippen molar-refractivity contribution in [1.29, 1.82) is 0 Å². The molecule has 1 saturated heterocycles. The fourth-order valence-corrected chi connectivity index (χ4v) is 5.31. The number of anilines is 1. The first-order valence-corrected chi connectivity index (χ1v) is 12.4. The molecule has 1 fully saturated rings. The van der Waals surface area contributed by atoms with Gasteiger partial charge in [0, 0.05) is 24.8 Å². The van der Waals surface area contributed by atoms with Gasteiger partial charge >= 0.3 is 11.9 Å². The van der Waals surface area contributed by atoms with E-state index in [-0.39, 0.29) is 28.9 Å². The number of aromatic amines is 1. The Balaban J connectivity index is 1.42. The number of carbonyl (C=O) groups excluding carboxylic acids is 2. The van der Waals surface area contributed by atoms with Crippen molar-refractivity contribution in [3.8, 4) is 16.9 Å². The average Bonchev–Trinajstić information content (AvgIpc) is 3.51. The third kappa shape index (κ3) is 4.27. The SMILES string of the molecule is COc1cccc(-c2ccccc2)c1NC(=O)[N+]1(C(=O)CCc2nc3ccccc3[nH]2)CCC[C@H]1C. The van der Waals surface area contributed by atoms with Crippen LogP contribution < -0.4 is 10.1 Å². The number of amides is 3. The van der Waals surface area contributed by atoms with Crippen LogP contribution in [0.5, 0.6) is 5.75 Å². The number of urea groups is 1. The van der Waals surface area contributed by atoms with Crippen LogP contribution in [0, 0.1) is 0 Å². The molecular formula is C29H31N4O3+. The second-order valence-electron chi connectivity index (χ2n) is 9.36. The highest BCUT2D eigenvalue weighted by molar-refractivity contribution is 5.98. The van der Waals surface area contributed by atoms with Crippen LogP contribution in [0.3, 0.4) is 0 Å². The van der Waals surface area contributed by atoms with Crippen LogP contribution in [0.2, 0.25) is 0 Å². The molecule has 1 aliphatic rings. The third-order valence-electron chi connectivity index (χ3n) is 7.27. The highest BCUT2D eigenvalue weighted by Crippen LogP contribution is 2.38. The number of hydrogen-bond acceptors (Lipinski definition) is 4. The number of quaternary nitrogens is 1. The number of carbonyl (C=O) groups is 2. The average molecular weight is 484 g/mol. The van der Waals surface area contributed by atoms with Gasteiger partial charge in [-0.25, -0.2) is 14.6 Å². The number of ether oxygens (including phenoxy) is 1. The largest absolute Gasteiger partial charge is 0.495 e. The van der Waals surface area contributed by atoms with Crippen LogP contribution in [0.15, 0.2) is 72.8 Å². The fourth-order valence-electron chi connectivity index (χ4n) is 5.31. The zero-order valence-electron chi connectivity index (χ0n) is 20.7. The smallest absolute Gasteiger partial charge is 0.428 e. The van der Waals surface area contributed by atoms with Gasteiger partial charge in [0.1, 0.15) is 17.6 Å². The van der Waals surface area contributed by atoms with Crippen molar-refractivity contribution in [3.05, 3.63) is 78.6 Å². The predicted molar refractivity (Wildman–Crippen MR) is 141 cm³/mol. The van der Waals surface area contributed by atoms with Gasteiger partial charge in [0.2, 0.25) is 0 Å². The fraction of sp³-hybridized carbons (Fsp3) is 0.276. The molecule has 4 aromatic rings. The predicted octanol–water partition coefficient (Wildman–Crippen LogP) is 5.93. The Morgan fingerprint density at radius 2 is 1.83 bits per heavy atom. The molecule has 2 atom stereocenters. The number of benzene rings is 3. The van der Waals surface area contributed by atoms with Gasteiger partial charge < -0.3 is 9.72 Å². The maximum atomic E-state index is 14.0. The van der Waals surface area contributed by atoms with Crippen molar-refractivity contribution in [2.75, 3.05) is 19.0 Å². The number of nitrogens with one attached hydrogen (secondary N) is 2. The molecule has 7 heteroatoms. The minimum absolute atomic E-state index is 0.0888. The summed E-state index contributed by atoms with van der Waals surface area (Å²) in [5.74, 6) is 1.23. The van der Waals surface area contributed by atoms with Gasteiger partial charge in [0.15, 0.2) is 0 Å². The number of hydrogen-bond donors (Lipinski definition) is 2. The summed E-state index contributed by atoms with van der Waals surface area (Å²) in [5.41, 5.74) is 4.21. The monoisotopic (exact) mass is 483 g/mol. The maximum Gasteiger partial charge on any atom is 0.428 e. The van der Waals surface area contributed by atoms with Crippen molar-refractivity contribution in [3.63, 3.8) is 0 Å². The molecule has 184 valence electrons. The number of imidazole rings is 1. The zero-order valence-corrected chi connectivity index (χ0v) is 20.7. The second kappa shape index (κ2) is 9.95. The van der Waals surface area contributed by atoms with E-state index in [9.17, 15) is 9.59 Å². The van der Waals surface area contributed by atoms with Crippen LogP contribution in [0.25, 0.3) is 22.2 Å². The summed E-state index contributed by atoms with van der Waals surface area (Å²) in [5, 5.41) is 3.11. The van der Waals surface area contributed by atoms with Gasteiger partial charge in [-0.3, -0.25) is 5.32 Å². The van der Waals surface area contributed by atoms with Crippen molar-refractivity contribution in [2.45, 2.75) is 38.6 Å². The molecule has 0 saturated carbocycles. The van der Waals surface area contributed by atoms with E-state index in [0.717, 1.165) is 40.8 Å². The lowest BCUT2D eigenvalue weighted by molar-refractivity contribution is -0.782. The van der Waals surface area contributed by atoms with Crippen molar-refractivity contribution in [2.24, 2.45) is 0 Å². The van der Waals surface area contributed by atoms with Gasteiger partial charge in [-0.1, -0.05) is 54.6 Å². The molecule has 3 aromatic carbocycles. The molecule has 0 aliphatic carbocycles. The quantitative estimate of drug-likeness (QED) is 0.333. The molecule has 0 bridgehead atoms. The van der Waals surface area contributed by atoms with Crippen LogP contribution in [-0.2, 0) is 11.2 Å². The van der Waals surface area contributed by atoms with Crippen LogP contribution in [0.1, 0.15) is 32.0 Å². The van der Waals surface area contributed by atoms with Gasteiger partial charge in [-0.2, -0.15) is 4.48 Å². The molecule has 1 aromatic heterocycles. The minimum atomic E-state index is -0.309. The number of imide groups is 1. The molecule has 0 radical (unpaired) electrons. The Hall–Kier alpha value is -3.97. The Morgan fingerprint density at radius 3 is 2.56 bits per heavy atom. The number of aryl methyl sites for hydroxylation is 1. The molecule has 1 aliphatic heterocycles. The standard InChI is InChI=1S/C29H30N4O3/c1-20-10-9-19-33(20,27(34)18-17-26-30-23-14-6-7-15-24(23)31-26)29(35)32-28-22(13-8-16-25(28)36-2)21-11-4-3-5-12-21/h3-8,11-16,20H,9-10,17-19H2,1-2H3,(H-,30,31,32,35)/p+1/t20-,33?/m1/s1. The topological polar surface area (TPSA) is 84.1 Å². The molecule has 3 amide bonds. The first-order valence-electron chi connectivity index (χ1n) is 12.4. The molecular weight excluding hydrogens is 452 g/mol. The first-order chi connectivity index (χ1) is 17.5.